The number of nitrogens with zero attached hydrogens (tertiary/aromatic N) is 11. The monoisotopic (exact) mass is 1450 g/mol. The predicted octanol–water partition coefficient (Wildman–Crippen LogP) is 17.2. The summed E-state index contributed by atoms with van der Waals surface area (Å²) in [6, 6.07) is 38.4. The van der Waals surface area contributed by atoms with Crippen LogP contribution in [-0.2, 0) is 0 Å². The number of carbonyl (C=O) groups excluding carboxylic acids is 3. The first-order chi connectivity index (χ1) is 46.8. The lowest BCUT2D eigenvalue weighted by atomic mass is 10.1. The van der Waals surface area contributed by atoms with Crippen LogP contribution in [0.5, 0.6) is 0 Å². The number of thiocarbonyl (C=S) groups is 1. The Kier molecular flexibility index (Phi) is 23.3. The standard InChI is InChI=1S/C25H23Cl2N5OS.C23H23Cl2N5OS.C23H21Cl2N5O/c1-16-22(24(33)30-31-12-3-2-4-13-31)29-23(20-10-7-18(26)15-21(20)27)32(16)19-8-5-17(6-9-19)25-28-11-14-34-25;1-14-20(23(31)28-29-11-3-2-4-12-29)27-22(18-10-7-16(24)13-19(18)25)30(14)17-8-5-15(6-9-17)21(26)32;1-15-21(23(31)28-29-12-4-3-5-13-29)27-22(19-11-6-16(24)14-20(19)25)30(15)18-9-7-17(26-2)8-10-18/h5-11,14-15H,2-4,12-13H2,1H3,(H,30,33);5-10,13H,2-4,11-12H2,1H3,(H2,26,32)(H,28,31);6-11,14H,3-5,12-13H2,1H3,(H,28,31). The molecule has 3 fully saturated rings. The molecule has 5 N–H and O–H groups in total. The Labute approximate surface area is 602 Å². The molecule has 13 rings (SSSR count). The van der Waals surface area contributed by atoms with Gasteiger partial charge in [0, 0.05) is 111 Å². The molecule has 0 saturated carbocycles. The Morgan fingerprint density at radius 1 is 0.485 bits per heavy atom. The van der Waals surface area contributed by atoms with Gasteiger partial charge in [0.25, 0.3) is 17.7 Å². The van der Waals surface area contributed by atoms with Gasteiger partial charge in [-0.15, -0.1) is 11.3 Å². The molecule has 0 unspecified atom stereocenters. The summed E-state index contributed by atoms with van der Waals surface area (Å²) in [6.07, 6.45) is 11.7. The number of carbonyl (C=O) groups is 3. The van der Waals surface area contributed by atoms with E-state index in [0.29, 0.717) is 103 Å². The third kappa shape index (κ3) is 16.6. The van der Waals surface area contributed by atoms with Crippen molar-refractivity contribution in [2.75, 3.05) is 39.3 Å². The number of imidazole rings is 3. The van der Waals surface area contributed by atoms with E-state index in [1.807, 2.05) is 122 Å². The molecule has 0 radical (unpaired) electrons. The second kappa shape index (κ2) is 32.1. The minimum atomic E-state index is -0.248. The molecule has 7 heterocycles. The van der Waals surface area contributed by atoms with Crippen molar-refractivity contribution < 1.29 is 14.4 Å². The highest BCUT2D eigenvalue weighted by Crippen LogP contribution is 2.38. The van der Waals surface area contributed by atoms with Crippen LogP contribution in [0.1, 0.15) is 112 Å². The van der Waals surface area contributed by atoms with Gasteiger partial charge in [-0.05, 0) is 175 Å². The van der Waals surface area contributed by atoms with Gasteiger partial charge in [0.1, 0.15) is 27.5 Å². The molecule has 18 nitrogen and oxygen atoms in total. The summed E-state index contributed by atoms with van der Waals surface area (Å²) in [5.41, 5.74) is 24.8. The van der Waals surface area contributed by atoms with Crippen LogP contribution >= 0.6 is 93.2 Å². The van der Waals surface area contributed by atoms with Gasteiger partial charge in [0.05, 0.1) is 38.7 Å². The van der Waals surface area contributed by atoms with Crippen LogP contribution in [0.25, 0.3) is 66.6 Å². The highest BCUT2D eigenvalue weighted by atomic mass is 35.5. The molecule has 6 aromatic carbocycles. The van der Waals surface area contributed by atoms with Crippen molar-refractivity contribution >= 4 is 122 Å². The Morgan fingerprint density at radius 3 is 1.11 bits per heavy atom. The number of benzene rings is 6. The largest absolute Gasteiger partial charge is 0.389 e. The number of halogens is 6. The number of thiazole rings is 1. The van der Waals surface area contributed by atoms with Crippen LogP contribution in [0.3, 0.4) is 0 Å². The van der Waals surface area contributed by atoms with Crippen molar-refractivity contribution in [1.29, 1.82) is 0 Å². The third-order valence-electron chi connectivity index (χ3n) is 16.8. The zero-order valence-electron chi connectivity index (χ0n) is 53.2. The normalized spacial score (nSPS) is 14.3. The minimum Gasteiger partial charge on any atom is -0.389 e. The Morgan fingerprint density at radius 2 is 0.814 bits per heavy atom. The molecule has 26 heteroatoms. The maximum atomic E-state index is 13.2. The molecule has 10 aromatic rings. The van der Waals surface area contributed by atoms with Gasteiger partial charge in [0.2, 0.25) is 0 Å². The maximum Gasteiger partial charge on any atom is 0.286 e. The molecular weight excluding hydrogens is 1390 g/mol. The van der Waals surface area contributed by atoms with Gasteiger partial charge >= 0.3 is 0 Å². The molecule has 0 atom stereocenters. The first-order valence-electron chi connectivity index (χ1n) is 31.5. The number of aromatic nitrogens is 7. The fourth-order valence-electron chi connectivity index (χ4n) is 11.8. The average molecular weight is 1460 g/mol. The molecule has 3 saturated heterocycles. The van der Waals surface area contributed by atoms with Crippen molar-refractivity contribution in [2.24, 2.45) is 5.73 Å². The molecule has 97 heavy (non-hydrogen) atoms. The number of piperidine rings is 3. The van der Waals surface area contributed by atoms with E-state index < -0.39 is 0 Å². The number of nitrogens with one attached hydrogen (secondary N) is 3. The average Bonchev–Trinajstić information content (AvgIpc) is 1.65. The van der Waals surface area contributed by atoms with E-state index in [2.05, 4.69) is 26.1 Å². The summed E-state index contributed by atoms with van der Waals surface area (Å²) < 4.78 is 5.75. The van der Waals surface area contributed by atoms with E-state index in [-0.39, 0.29) is 17.7 Å². The molecule has 3 amide bonds. The van der Waals surface area contributed by atoms with Crippen molar-refractivity contribution in [2.45, 2.75) is 78.6 Å². The molecule has 4 aromatic heterocycles. The van der Waals surface area contributed by atoms with Crippen molar-refractivity contribution in [3.8, 4) is 61.8 Å². The van der Waals surface area contributed by atoms with Crippen molar-refractivity contribution in [3.63, 3.8) is 0 Å². The van der Waals surface area contributed by atoms with Gasteiger partial charge < -0.3 is 5.73 Å². The number of rotatable bonds is 14. The number of nitrogens with two attached hydrogens (primary N) is 1. The van der Waals surface area contributed by atoms with Crippen LogP contribution < -0.4 is 22.0 Å². The summed E-state index contributed by atoms with van der Waals surface area (Å²) in [7, 11) is 0. The van der Waals surface area contributed by atoms with Crippen LogP contribution in [0.15, 0.2) is 139 Å². The summed E-state index contributed by atoms with van der Waals surface area (Å²) >= 11 is 44.5. The van der Waals surface area contributed by atoms with Gasteiger partial charge in [0.15, 0.2) is 22.8 Å². The van der Waals surface area contributed by atoms with Crippen LogP contribution in [0.2, 0.25) is 30.1 Å². The van der Waals surface area contributed by atoms with E-state index in [0.717, 1.165) is 117 Å². The zero-order chi connectivity index (χ0) is 68.4. The molecule has 0 aliphatic carbocycles. The van der Waals surface area contributed by atoms with Crippen LogP contribution in [0, 0.1) is 27.3 Å². The Bertz CT molecular complexity index is 4550. The summed E-state index contributed by atoms with van der Waals surface area (Å²) in [5.74, 6) is 0.972. The highest BCUT2D eigenvalue weighted by molar-refractivity contribution is 7.80. The van der Waals surface area contributed by atoms with E-state index in [1.165, 1.54) is 19.3 Å². The smallest absolute Gasteiger partial charge is 0.286 e. The topological polar surface area (TPSA) is 194 Å². The first kappa shape index (κ1) is 70.3. The van der Waals surface area contributed by atoms with E-state index in [9.17, 15) is 14.4 Å². The van der Waals surface area contributed by atoms with Crippen LogP contribution in [-0.4, -0.2) is 111 Å². The third-order valence-corrected chi connectivity index (χ3v) is 19.5. The van der Waals surface area contributed by atoms with Gasteiger partial charge in [-0.25, -0.2) is 39.8 Å². The summed E-state index contributed by atoms with van der Waals surface area (Å²) in [6.45, 7) is 17.8. The van der Waals surface area contributed by atoms with Crippen molar-refractivity contribution in [3.05, 3.63) is 220 Å². The predicted molar refractivity (Wildman–Crippen MR) is 393 cm³/mol. The lowest BCUT2D eigenvalue weighted by Crippen LogP contribution is -2.45. The Balaban J connectivity index is 0.000000148. The lowest BCUT2D eigenvalue weighted by molar-refractivity contribution is 0.0737. The second-order valence-electron chi connectivity index (χ2n) is 23.4. The summed E-state index contributed by atoms with van der Waals surface area (Å²) in [4.78, 5) is 61.8. The first-order valence-corrected chi connectivity index (χ1v) is 35.1. The maximum absolute atomic E-state index is 13.2. The number of hydrogen-bond donors (Lipinski definition) is 4. The van der Waals surface area contributed by atoms with Crippen LogP contribution in [0.4, 0.5) is 5.69 Å². The fraction of sp³-hybridized carbons (Fsp3) is 0.254. The second-order valence-corrected chi connectivity index (χ2v) is 27.2. The molecule has 0 bridgehead atoms. The van der Waals surface area contributed by atoms with Gasteiger partial charge in [-0.3, -0.25) is 44.4 Å². The van der Waals surface area contributed by atoms with E-state index >= 15 is 0 Å². The quantitative estimate of drug-likeness (QED) is 0.0595. The SMILES string of the molecule is Cc1c(C(=O)NN2CCCCC2)nc(-c2ccc(Cl)cc2Cl)n1-c1ccc(-c2nccs2)cc1.Cc1c(C(=O)NN2CCCCC2)nc(-c2ccc(Cl)cc2Cl)n1-c1ccc(C(N)=S)cc1.[C-]#[N+]c1ccc(-n2c(-c3ccc(Cl)cc3Cl)nc(C(=O)NN3CCCCC3)c2C)cc1. The van der Waals surface area contributed by atoms with E-state index in [4.69, 9.17) is 109 Å². The molecule has 0 spiro atoms. The molecular formula is C71H67Cl6N15O3S2. The lowest BCUT2D eigenvalue weighted by Gasteiger charge is -2.26. The van der Waals surface area contributed by atoms with Gasteiger partial charge in [-0.1, -0.05) is 113 Å². The fourth-order valence-corrected chi connectivity index (χ4v) is 14.1. The molecule has 3 aliphatic heterocycles. The summed E-state index contributed by atoms with van der Waals surface area (Å²) in [5, 5.41) is 11.7. The molecule has 498 valence electrons. The number of hydrogen-bond acceptors (Lipinski definition) is 12. The van der Waals surface area contributed by atoms with Gasteiger partial charge in [-0.2, -0.15) is 0 Å². The van der Waals surface area contributed by atoms with E-state index in [1.54, 1.807) is 78.2 Å². The molecule has 3 aliphatic rings. The highest BCUT2D eigenvalue weighted by Gasteiger charge is 2.29. The zero-order valence-corrected chi connectivity index (χ0v) is 59.4. The van der Waals surface area contributed by atoms with Crippen molar-refractivity contribution in [1.82, 2.24) is 64.9 Å². The number of amides is 3. The minimum absolute atomic E-state index is 0.219. The number of hydrazine groups is 3. The Hall–Kier alpha value is -8.01.